The second-order valence-corrected chi connectivity index (χ2v) is 9.23. The molecule has 2 fully saturated rings. The number of nitrogens with zero attached hydrogens (tertiary/aromatic N) is 3. The van der Waals surface area contributed by atoms with Crippen LogP contribution in [0.2, 0.25) is 0 Å². The summed E-state index contributed by atoms with van der Waals surface area (Å²) in [5, 5.41) is 11.3. The van der Waals surface area contributed by atoms with Crippen LogP contribution >= 0.6 is 0 Å². The molecule has 2 aromatic rings. The Hall–Kier alpha value is -3.23. The molecule has 1 N–H and O–H groups in total. The van der Waals surface area contributed by atoms with Gasteiger partial charge in [0.2, 0.25) is 0 Å². The minimum absolute atomic E-state index is 0.0163. The summed E-state index contributed by atoms with van der Waals surface area (Å²) in [7, 11) is 0. The minimum atomic E-state index is -0.672. The highest BCUT2D eigenvalue weighted by atomic mass is 16.5. The summed E-state index contributed by atoms with van der Waals surface area (Å²) in [5.41, 5.74) is 2.15. The predicted octanol–water partition coefficient (Wildman–Crippen LogP) is 3.32. The van der Waals surface area contributed by atoms with Crippen molar-refractivity contribution in [2.24, 2.45) is 0 Å². The Morgan fingerprint density at radius 1 is 1.14 bits per heavy atom. The maximum Gasteiger partial charge on any atom is 0.295 e. The molecule has 0 aliphatic carbocycles. The summed E-state index contributed by atoms with van der Waals surface area (Å²) in [5.74, 6) is -0.728. The van der Waals surface area contributed by atoms with Crippen molar-refractivity contribution in [3.05, 3.63) is 65.0 Å². The standard InChI is InChI=1S/C27H33N3O5/c1-18(2)35-22-6-5-21(17-19(22)3)25(31)23-24(20-7-9-28-10-8-20)30(27(33)26(23)32)12-4-11-29-13-15-34-16-14-29/h5-10,17-18,24,31H,4,11-16H2,1-3H3/t24-/m0/s1. The van der Waals surface area contributed by atoms with Gasteiger partial charge in [-0.15, -0.1) is 0 Å². The van der Waals surface area contributed by atoms with Crippen molar-refractivity contribution in [2.45, 2.75) is 39.3 Å². The van der Waals surface area contributed by atoms with E-state index in [4.69, 9.17) is 9.47 Å². The quantitative estimate of drug-likeness (QED) is 0.353. The highest BCUT2D eigenvalue weighted by Gasteiger charge is 2.45. The number of hydrogen-bond donors (Lipinski definition) is 1. The molecule has 3 heterocycles. The number of pyridine rings is 1. The normalized spacial score (nSPS) is 20.6. The third-order valence-electron chi connectivity index (χ3n) is 6.35. The molecule has 186 valence electrons. The summed E-state index contributed by atoms with van der Waals surface area (Å²) < 4.78 is 11.2. The predicted molar refractivity (Wildman–Crippen MR) is 132 cm³/mol. The van der Waals surface area contributed by atoms with E-state index in [1.807, 2.05) is 20.8 Å². The molecule has 0 unspecified atom stereocenters. The van der Waals surface area contributed by atoms with Crippen LogP contribution in [0.1, 0.15) is 43.0 Å². The van der Waals surface area contributed by atoms with Gasteiger partial charge in [0, 0.05) is 44.1 Å². The number of carbonyl (C=O) groups excluding carboxylic acids is 2. The Labute approximate surface area is 206 Å². The summed E-state index contributed by atoms with van der Waals surface area (Å²) in [6.07, 6.45) is 3.99. The summed E-state index contributed by atoms with van der Waals surface area (Å²) in [6, 6.07) is 8.17. The SMILES string of the molecule is Cc1cc(C(O)=C2C(=O)C(=O)N(CCCN3CCOCC3)[C@H]2c2ccncc2)ccc1OC(C)C. The number of carbonyl (C=O) groups is 2. The lowest BCUT2D eigenvalue weighted by atomic mass is 9.95. The first-order chi connectivity index (χ1) is 16.9. The molecule has 2 saturated heterocycles. The fourth-order valence-electron chi connectivity index (χ4n) is 4.63. The number of ketones is 1. The second-order valence-electron chi connectivity index (χ2n) is 9.23. The molecular weight excluding hydrogens is 446 g/mol. The van der Waals surface area contributed by atoms with Gasteiger partial charge in [0.25, 0.3) is 11.7 Å². The van der Waals surface area contributed by atoms with E-state index in [1.165, 1.54) is 0 Å². The average molecular weight is 480 g/mol. The number of amides is 1. The van der Waals surface area contributed by atoms with Gasteiger partial charge in [-0.2, -0.15) is 0 Å². The fraction of sp³-hybridized carbons (Fsp3) is 0.444. The van der Waals surface area contributed by atoms with E-state index in [-0.39, 0.29) is 17.4 Å². The maximum atomic E-state index is 13.2. The Bertz CT molecular complexity index is 1090. The van der Waals surface area contributed by atoms with Crippen LogP contribution in [-0.2, 0) is 14.3 Å². The van der Waals surface area contributed by atoms with E-state index in [9.17, 15) is 14.7 Å². The number of likely N-dealkylation sites (tertiary alicyclic amines) is 1. The number of morpholine rings is 1. The van der Waals surface area contributed by atoms with E-state index in [2.05, 4.69) is 9.88 Å². The zero-order chi connectivity index (χ0) is 24.9. The topological polar surface area (TPSA) is 92.2 Å². The van der Waals surface area contributed by atoms with Crippen molar-refractivity contribution in [2.75, 3.05) is 39.4 Å². The molecule has 1 aromatic carbocycles. The zero-order valence-corrected chi connectivity index (χ0v) is 20.6. The molecule has 2 aliphatic heterocycles. The van der Waals surface area contributed by atoms with Gasteiger partial charge in [-0.3, -0.25) is 19.5 Å². The average Bonchev–Trinajstić information content (AvgIpc) is 3.11. The maximum absolute atomic E-state index is 13.2. The number of hydrogen-bond acceptors (Lipinski definition) is 7. The number of aryl methyl sites for hydroxylation is 1. The third kappa shape index (κ3) is 5.55. The summed E-state index contributed by atoms with van der Waals surface area (Å²) >= 11 is 0. The lowest BCUT2D eigenvalue weighted by Crippen LogP contribution is -2.38. The number of aliphatic hydroxyl groups excluding tert-OH is 1. The number of aromatic nitrogens is 1. The molecular formula is C27H33N3O5. The first kappa shape index (κ1) is 24.9. The van der Waals surface area contributed by atoms with Crippen LogP contribution in [0.15, 0.2) is 48.3 Å². The van der Waals surface area contributed by atoms with Gasteiger partial charge < -0.3 is 19.5 Å². The van der Waals surface area contributed by atoms with Gasteiger partial charge >= 0.3 is 0 Å². The van der Waals surface area contributed by atoms with Crippen LogP contribution < -0.4 is 4.74 Å². The Balaban J connectivity index is 1.65. The van der Waals surface area contributed by atoms with Crippen LogP contribution in [-0.4, -0.2) is 77.1 Å². The Kier molecular flexibility index (Phi) is 7.83. The Morgan fingerprint density at radius 2 is 1.86 bits per heavy atom. The monoisotopic (exact) mass is 479 g/mol. The Morgan fingerprint density at radius 3 is 2.51 bits per heavy atom. The number of rotatable bonds is 8. The van der Waals surface area contributed by atoms with Crippen molar-refractivity contribution in [3.63, 3.8) is 0 Å². The van der Waals surface area contributed by atoms with E-state index < -0.39 is 17.7 Å². The van der Waals surface area contributed by atoms with Crippen LogP contribution in [0.4, 0.5) is 0 Å². The first-order valence-electron chi connectivity index (χ1n) is 12.1. The first-order valence-corrected chi connectivity index (χ1v) is 12.1. The van der Waals surface area contributed by atoms with E-state index in [0.29, 0.717) is 31.1 Å². The lowest BCUT2D eigenvalue weighted by Gasteiger charge is -2.29. The fourth-order valence-corrected chi connectivity index (χ4v) is 4.63. The van der Waals surface area contributed by atoms with Crippen LogP contribution in [0.3, 0.4) is 0 Å². The zero-order valence-electron chi connectivity index (χ0n) is 20.6. The number of Topliss-reactive ketones (excluding diaryl/α,β-unsaturated/α-hetero) is 1. The van der Waals surface area contributed by atoms with Gasteiger partial charge in [0.15, 0.2) is 0 Å². The van der Waals surface area contributed by atoms with Crippen LogP contribution in [0, 0.1) is 6.92 Å². The summed E-state index contributed by atoms with van der Waals surface area (Å²) in [4.78, 5) is 34.3. The largest absolute Gasteiger partial charge is 0.507 e. The molecule has 1 atom stereocenters. The van der Waals surface area contributed by atoms with Crippen LogP contribution in [0.25, 0.3) is 5.76 Å². The van der Waals surface area contributed by atoms with Crippen LogP contribution in [0.5, 0.6) is 5.75 Å². The van der Waals surface area contributed by atoms with Crippen molar-refractivity contribution < 1.29 is 24.2 Å². The number of benzene rings is 1. The number of ether oxygens (including phenoxy) is 2. The van der Waals surface area contributed by atoms with E-state index >= 15 is 0 Å². The van der Waals surface area contributed by atoms with Gasteiger partial charge in [-0.25, -0.2) is 0 Å². The molecule has 4 rings (SSSR count). The molecule has 8 nitrogen and oxygen atoms in total. The van der Waals surface area contributed by atoms with Gasteiger partial charge in [-0.05, 0) is 68.7 Å². The second kappa shape index (κ2) is 11.0. The van der Waals surface area contributed by atoms with E-state index in [0.717, 1.165) is 37.2 Å². The van der Waals surface area contributed by atoms with Crippen molar-refractivity contribution in [1.82, 2.24) is 14.8 Å². The highest BCUT2D eigenvalue weighted by Crippen LogP contribution is 2.39. The summed E-state index contributed by atoms with van der Waals surface area (Å²) in [6.45, 7) is 10.1. The molecule has 1 amide bonds. The number of aliphatic hydroxyl groups is 1. The van der Waals surface area contributed by atoms with Crippen molar-refractivity contribution in [1.29, 1.82) is 0 Å². The molecule has 8 heteroatoms. The van der Waals surface area contributed by atoms with E-state index in [1.54, 1.807) is 47.6 Å². The van der Waals surface area contributed by atoms with Crippen molar-refractivity contribution in [3.8, 4) is 5.75 Å². The third-order valence-corrected chi connectivity index (χ3v) is 6.35. The highest BCUT2D eigenvalue weighted by molar-refractivity contribution is 6.46. The minimum Gasteiger partial charge on any atom is -0.507 e. The molecule has 0 spiro atoms. The smallest absolute Gasteiger partial charge is 0.295 e. The molecule has 0 radical (unpaired) electrons. The van der Waals surface area contributed by atoms with Crippen molar-refractivity contribution >= 4 is 17.4 Å². The van der Waals surface area contributed by atoms with Gasteiger partial charge in [-0.1, -0.05) is 0 Å². The molecule has 0 saturated carbocycles. The molecule has 1 aromatic heterocycles. The molecule has 2 aliphatic rings. The molecule has 0 bridgehead atoms. The van der Waals surface area contributed by atoms with Gasteiger partial charge in [0.05, 0.1) is 30.9 Å². The van der Waals surface area contributed by atoms with Gasteiger partial charge in [0.1, 0.15) is 11.5 Å². The molecule has 35 heavy (non-hydrogen) atoms. The lowest BCUT2D eigenvalue weighted by molar-refractivity contribution is -0.140.